The molecule has 1 aromatic heterocycles. The summed E-state index contributed by atoms with van der Waals surface area (Å²) in [4.78, 5) is 12.0. The maximum absolute atomic E-state index is 12.2. The lowest BCUT2D eigenvalue weighted by molar-refractivity contribution is -0.116. The molecule has 2 aromatic rings. The van der Waals surface area contributed by atoms with Crippen LogP contribution in [0.5, 0.6) is 0 Å². The number of carbonyl (C=O) groups is 1. The molecule has 0 aliphatic heterocycles. The number of halogens is 1. The van der Waals surface area contributed by atoms with E-state index in [0.29, 0.717) is 11.3 Å². The standard InChI is InChI=1S/C14H12ClN3O3S2/c1-18(23(20,21)14-3-2-6-22-14)9-13(19)17-11-5-4-10(8-16)12(15)7-11/h2-7H,9H2,1H3,(H,17,19). The van der Waals surface area contributed by atoms with Crippen LogP contribution in [0.2, 0.25) is 5.02 Å². The highest BCUT2D eigenvalue weighted by Gasteiger charge is 2.23. The number of anilines is 1. The number of rotatable bonds is 5. The topological polar surface area (TPSA) is 90.3 Å². The maximum atomic E-state index is 12.2. The molecule has 0 atom stereocenters. The number of amides is 1. The fourth-order valence-corrected chi connectivity index (χ4v) is 4.29. The Balaban J connectivity index is 2.05. The van der Waals surface area contributed by atoms with E-state index in [4.69, 9.17) is 16.9 Å². The molecular weight excluding hydrogens is 358 g/mol. The smallest absolute Gasteiger partial charge is 0.252 e. The van der Waals surface area contributed by atoms with Crippen molar-refractivity contribution in [2.45, 2.75) is 4.21 Å². The van der Waals surface area contributed by atoms with Gasteiger partial charge in [0.05, 0.1) is 17.1 Å². The SMILES string of the molecule is CN(CC(=O)Nc1ccc(C#N)c(Cl)c1)S(=O)(=O)c1cccs1. The molecule has 0 unspecified atom stereocenters. The number of hydrogen-bond donors (Lipinski definition) is 1. The van der Waals surface area contributed by atoms with Crippen LogP contribution in [0.15, 0.2) is 39.9 Å². The van der Waals surface area contributed by atoms with Gasteiger partial charge in [0.2, 0.25) is 5.91 Å². The third-order valence-corrected chi connectivity index (χ3v) is 6.39. The Labute approximate surface area is 143 Å². The summed E-state index contributed by atoms with van der Waals surface area (Å²) < 4.78 is 25.6. The van der Waals surface area contributed by atoms with Gasteiger partial charge < -0.3 is 5.32 Å². The van der Waals surface area contributed by atoms with Crippen LogP contribution in [0.3, 0.4) is 0 Å². The van der Waals surface area contributed by atoms with Gasteiger partial charge in [-0.3, -0.25) is 4.79 Å². The number of hydrogen-bond acceptors (Lipinski definition) is 5. The van der Waals surface area contributed by atoms with Crippen LogP contribution in [-0.2, 0) is 14.8 Å². The Morgan fingerprint density at radius 1 is 1.43 bits per heavy atom. The first-order valence-corrected chi connectivity index (χ1v) is 9.03. The van der Waals surface area contributed by atoms with E-state index in [1.807, 2.05) is 6.07 Å². The fourth-order valence-electron chi connectivity index (χ4n) is 1.74. The number of nitriles is 1. The first-order chi connectivity index (χ1) is 10.8. The van der Waals surface area contributed by atoms with Crippen LogP contribution in [0.4, 0.5) is 5.69 Å². The predicted molar refractivity (Wildman–Crippen MR) is 88.9 cm³/mol. The summed E-state index contributed by atoms with van der Waals surface area (Å²) >= 11 is 6.97. The molecule has 6 nitrogen and oxygen atoms in total. The summed E-state index contributed by atoms with van der Waals surface area (Å²) in [6.45, 7) is -0.335. The van der Waals surface area contributed by atoms with Crippen LogP contribution >= 0.6 is 22.9 Å². The summed E-state index contributed by atoms with van der Waals surface area (Å²) in [7, 11) is -2.35. The molecule has 0 radical (unpaired) electrons. The van der Waals surface area contributed by atoms with Crippen molar-refractivity contribution in [2.24, 2.45) is 0 Å². The van der Waals surface area contributed by atoms with Crippen LogP contribution < -0.4 is 5.32 Å². The molecule has 1 heterocycles. The zero-order chi connectivity index (χ0) is 17.0. The number of nitrogens with zero attached hydrogens (tertiary/aromatic N) is 2. The predicted octanol–water partition coefficient (Wildman–Crippen LogP) is 2.53. The third-order valence-electron chi connectivity index (χ3n) is 2.90. The lowest BCUT2D eigenvalue weighted by Gasteiger charge is -2.15. The Bertz CT molecular complexity index is 858. The minimum atomic E-state index is -3.68. The molecule has 2 rings (SSSR count). The van der Waals surface area contributed by atoms with Crippen molar-refractivity contribution in [3.8, 4) is 6.07 Å². The van der Waals surface area contributed by atoms with Gasteiger partial charge in [0, 0.05) is 12.7 Å². The van der Waals surface area contributed by atoms with Crippen molar-refractivity contribution in [3.05, 3.63) is 46.3 Å². The number of nitrogens with one attached hydrogen (secondary N) is 1. The number of carbonyl (C=O) groups excluding carboxylic acids is 1. The average molecular weight is 370 g/mol. The Morgan fingerprint density at radius 3 is 2.74 bits per heavy atom. The van der Waals surface area contributed by atoms with Crippen molar-refractivity contribution in [1.82, 2.24) is 4.31 Å². The molecule has 120 valence electrons. The van der Waals surface area contributed by atoms with E-state index in [1.54, 1.807) is 11.4 Å². The van der Waals surface area contributed by atoms with Gasteiger partial charge in [0.25, 0.3) is 10.0 Å². The molecule has 1 amide bonds. The summed E-state index contributed by atoms with van der Waals surface area (Å²) in [5.41, 5.74) is 0.683. The van der Waals surface area contributed by atoms with Crippen molar-refractivity contribution in [3.63, 3.8) is 0 Å². The van der Waals surface area contributed by atoms with Crippen LogP contribution in [-0.4, -0.2) is 32.2 Å². The molecule has 0 aliphatic rings. The first kappa shape index (κ1) is 17.4. The second kappa shape index (κ2) is 7.10. The molecule has 0 aliphatic carbocycles. The fraction of sp³-hybridized carbons (Fsp3) is 0.143. The van der Waals surface area contributed by atoms with Gasteiger partial charge in [0.1, 0.15) is 10.3 Å². The average Bonchev–Trinajstić information content (AvgIpc) is 3.02. The number of benzene rings is 1. The van der Waals surface area contributed by atoms with Crippen LogP contribution in [0, 0.1) is 11.3 Å². The summed E-state index contributed by atoms with van der Waals surface area (Å²) in [5, 5.41) is 13.2. The first-order valence-electron chi connectivity index (χ1n) is 6.34. The monoisotopic (exact) mass is 369 g/mol. The van der Waals surface area contributed by atoms with Crippen molar-refractivity contribution in [1.29, 1.82) is 5.26 Å². The second-order valence-corrected chi connectivity index (χ2v) is 8.17. The zero-order valence-corrected chi connectivity index (χ0v) is 14.4. The second-order valence-electron chi connectivity index (χ2n) is 4.55. The number of thiophene rings is 1. The van der Waals surface area contributed by atoms with E-state index in [2.05, 4.69) is 5.32 Å². The van der Waals surface area contributed by atoms with Gasteiger partial charge in [0.15, 0.2) is 0 Å². The van der Waals surface area contributed by atoms with Crippen molar-refractivity contribution < 1.29 is 13.2 Å². The minimum absolute atomic E-state index is 0.175. The summed E-state index contributed by atoms with van der Waals surface area (Å²) in [5.74, 6) is -0.506. The van der Waals surface area contributed by atoms with Crippen LogP contribution in [0.1, 0.15) is 5.56 Å². The minimum Gasteiger partial charge on any atom is -0.325 e. The molecule has 1 aromatic carbocycles. The quantitative estimate of drug-likeness (QED) is 0.876. The highest BCUT2D eigenvalue weighted by atomic mass is 35.5. The number of likely N-dealkylation sites (N-methyl/N-ethyl adjacent to an activating group) is 1. The molecule has 0 bridgehead atoms. The molecule has 0 spiro atoms. The van der Waals surface area contributed by atoms with E-state index < -0.39 is 15.9 Å². The van der Waals surface area contributed by atoms with Crippen LogP contribution in [0.25, 0.3) is 0 Å². The van der Waals surface area contributed by atoms with Gasteiger partial charge in [-0.2, -0.15) is 9.57 Å². The molecule has 0 fully saturated rings. The maximum Gasteiger partial charge on any atom is 0.252 e. The van der Waals surface area contributed by atoms with E-state index in [1.165, 1.54) is 31.3 Å². The van der Waals surface area contributed by atoms with Gasteiger partial charge in [-0.25, -0.2) is 8.42 Å². The van der Waals surface area contributed by atoms with Gasteiger partial charge >= 0.3 is 0 Å². The Morgan fingerprint density at radius 2 is 2.17 bits per heavy atom. The summed E-state index contributed by atoms with van der Waals surface area (Å²) in [6.07, 6.45) is 0. The summed E-state index contributed by atoms with van der Waals surface area (Å²) in [6, 6.07) is 9.46. The Kier molecular flexibility index (Phi) is 5.38. The van der Waals surface area contributed by atoms with E-state index >= 15 is 0 Å². The lowest BCUT2D eigenvalue weighted by Crippen LogP contribution is -2.34. The van der Waals surface area contributed by atoms with Crippen molar-refractivity contribution >= 4 is 44.6 Å². The highest BCUT2D eigenvalue weighted by Crippen LogP contribution is 2.21. The van der Waals surface area contributed by atoms with E-state index in [-0.39, 0.29) is 15.8 Å². The normalized spacial score (nSPS) is 11.2. The van der Waals surface area contributed by atoms with E-state index in [0.717, 1.165) is 15.6 Å². The highest BCUT2D eigenvalue weighted by molar-refractivity contribution is 7.91. The molecule has 23 heavy (non-hydrogen) atoms. The molecule has 0 saturated heterocycles. The molecular formula is C14H12ClN3O3S2. The number of sulfonamides is 1. The molecule has 1 N–H and O–H groups in total. The van der Waals surface area contributed by atoms with Gasteiger partial charge in [-0.15, -0.1) is 11.3 Å². The van der Waals surface area contributed by atoms with E-state index in [9.17, 15) is 13.2 Å². The van der Waals surface area contributed by atoms with Crippen molar-refractivity contribution in [2.75, 3.05) is 18.9 Å². The van der Waals surface area contributed by atoms with Gasteiger partial charge in [-0.1, -0.05) is 17.7 Å². The van der Waals surface area contributed by atoms with Gasteiger partial charge in [-0.05, 0) is 29.6 Å². The molecule has 0 saturated carbocycles. The third kappa shape index (κ3) is 4.09. The molecule has 9 heteroatoms. The lowest BCUT2D eigenvalue weighted by atomic mass is 10.2. The zero-order valence-electron chi connectivity index (χ0n) is 12.0. The largest absolute Gasteiger partial charge is 0.325 e. The Hall–Kier alpha value is -1.92.